The molecule has 4 heterocycles. The van der Waals surface area contributed by atoms with Crippen molar-refractivity contribution in [2.45, 2.75) is 51.4 Å². The van der Waals surface area contributed by atoms with E-state index in [2.05, 4.69) is 4.98 Å². The van der Waals surface area contributed by atoms with Crippen LogP contribution in [0.15, 0.2) is 35.1 Å². The summed E-state index contributed by atoms with van der Waals surface area (Å²) in [6.07, 6.45) is 2.51. The van der Waals surface area contributed by atoms with Crippen molar-refractivity contribution in [2.24, 2.45) is 5.73 Å². The van der Waals surface area contributed by atoms with Crippen LogP contribution in [-0.2, 0) is 24.5 Å². The molecule has 0 radical (unpaired) electrons. The zero-order valence-corrected chi connectivity index (χ0v) is 25.1. The summed E-state index contributed by atoms with van der Waals surface area (Å²) in [5.74, 6) is -2.03. The maximum absolute atomic E-state index is 14.6. The molecule has 2 aliphatic heterocycles. The van der Waals surface area contributed by atoms with E-state index < -0.39 is 39.5 Å². The molecule has 0 spiro atoms. The number of hydrogen-bond acceptors (Lipinski definition) is 10. The number of nitrogens with zero attached hydrogens (tertiary/aromatic N) is 3. The Balaban J connectivity index is 1.70. The third kappa shape index (κ3) is 5.14. The summed E-state index contributed by atoms with van der Waals surface area (Å²) in [5, 5.41) is 0.0816. The predicted octanol–water partition coefficient (Wildman–Crippen LogP) is 3.57. The third-order valence-electron chi connectivity index (χ3n) is 7.39. The van der Waals surface area contributed by atoms with Crippen LogP contribution < -0.4 is 14.8 Å². The molecule has 2 N–H and O–H groups in total. The highest BCUT2D eigenvalue weighted by atomic mass is 32.2. The summed E-state index contributed by atoms with van der Waals surface area (Å²) in [7, 11) is -3.32. The Bertz CT molecular complexity index is 1600. The van der Waals surface area contributed by atoms with Crippen LogP contribution in [-0.4, -0.2) is 68.0 Å². The molecular formula is C27H31FN4O8S2. The van der Waals surface area contributed by atoms with Crippen molar-refractivity contribution in [1.82, 2.24) is 9.29 Å². The second-order valence-corrected chi connectivity index (χ2v) is 13.1. The van der Waals surface area contributed by atoms with Gasteiger partial charge in [-0.2, -0.15) is 8.42 Å². The lowest BCUT2D eigenvalue weighted by atomic mass is 10.0. The number of benzene rings is 1. The average molecular weight is 623 g/mol. The van der Waals surface area contributed by atoms with E-state index in [9.17, 15) is 22.4 Å². The van der Waals surface area contributed by atoms with E-state index in [-0.39, 0.29) is 40.4 Å². The van der Waals surface area contributed by atoms with Gasteiger partial charge in [0.1, 0.15) is 34.5 Å². The molecular weight excluding hydrogens is 591 g/mol. The molecule has 1 atom stereocenters. The highest BCUT2D eigenvalue weighted by molar-refractivity contribution is 7.91. The smallest absolute Gasteiger partial charge is 0.330 e. The molecule has 42 heavy (non-hydrogen) atoms. The first kappa shape index (κ1) is 29.9. The molecule has 2 aliphatic rings. The minimum Gasteiger partial charge on any atom is -0.496 e. The van der Waals surface area contributed by atoms with Crippen molar-refractivity contribution in [3.63, 3.8) is 0 Å². The number of anilines is 1. The number of hydrogen-bond donors (Lipinski definition) is 1. The van der Waals surface area contributed by atoms with Crippen molar-refractivity contribution >= 4 is 38.4 Å². The number of fused-ring (bicyclic) bond motifs is 1. The first-order chi connectivity index (χ1) is 19.9. The van der Waals surface area contributed by atoms with Gasteiger partial charge in [0.2, 0.25) is 11.8 Å². The standard InChI is InChI=1S/C27H31FN4O8S2/c1-15-21-24(33)32(27(2,3)26(29)34)42(35,36)31(25(21)41-22(15)23-30-9-12-39-23)14-20(40-17-7-10-38-11-8-17)18-13-16(28)5-6-19(18)37-4/h5-6,9,12-13,17,20H,7-8,10-11,14H2,1-4H3,(H2,29,34)/t20-/m0/s1. The van der Waals surface area contributed by atoms with Crippen LogP contribution in [0, 0.1) is 12.7 Å². The molecule has 0 saturated carbocycles. The number of carbonyl (C=O) groups excluding carboxylic acids is 2. The Morgan fingerprint density at radius 3 is 2.64 bits per heavy atom. The summed E-state index contributed by atoms with van der Waals surface area (Å²) in [4.78, 5) is 31.0. The fourth-order valence-corrected chi connectivity index (χ4v) is 8.40. The maximum Gasteiger partial charge on any atom is 0.330 e. The summed E-state index contributed by atoms with van der Waals surface area (Å²) in [6, 6.07) is 3.89. The Morgan fingerprint density at radius 1 is 1.31 bits per heavy atom. The van der Waals surface area contributed by atoms with Crippen molar-refractivity contribution in [3.8, 4) is 16.5 Å². The van der Waals surface area contributed by atoms with Gasteiger partial charge in [-0.1, -0.05) is 0 Å². The molecule has 2 amide bonds. The van der Waals surface area contributed by atoms with Gasteiger partial charge in [0, 0.05) is 18.8 Å². The first-order valence-electron chi connectivity index (χ1n) is 13.1. The van der Waals surface area contributed by atoms with Gasteiger partial charge in [-0.15, -0.1) is 11.3 Å². The highest BCUT2D eigenvalue weighted by Gasteiger charge is 2.53. The molecule has 15 heteroatoms. The van der Waals surface area contributed by atoms with Gasteiger partial charge in [-0.05, 0) is 57.4 Å². The van der Waals surface area contributed by atoms with Crippen LogP contribution in [0.25, 0.3) is 10.8 Å². The fraction of sp³-hybridized carbons (Fsp3) is 0.444. The molecule has 0 unspecified atom stereocenters. The van der Waals surface area contributed by atoms with Crippen molar-refractivity contribution < 1.29 is 41.0 Å². The SMILES string of the molecule is COc1ccc(F)cc1[C@H](CN1c2sc(-c3ncco3)c(C)c2C(=O)N(C(C)(C)C(N)=O)S1(=O)=O)OC1CCOCC1. The number of methoxy groups -OCH3 is 1. The van der Waals surface area contributed by atoms with Gasteiger partial charge in [0.15, 0.2) is 0 Å². The van der Waals surface area contributed by atoms with Crippen molar-refractivity contribution in [1.29, 1.82) is 0 Å². The number of aromatic nitrogens is 1. The Hall–Kier alpha value is -3.53. The lowest BCUT2D eigenvalue weighted by Gasteiger charge is -2.43. The summed E-state index contributed by atoms with van der Waals surface area (Å²) in [5.41, 5.74) is 4.42. The van der Waals surface area contributed by atoms with Gasteiger partial charge in [-0.25, -0.2) is 18.0 Å². The fourth-order valence-electron chi connectivity index (χ4n) is 5.06. The minimum atomic E-state index is -4.74. The van der Waals surface area contributed by atoms with E-state index in [1.165, 1.54) is 51.6 Å². The molecule has 1 aromatic carbocycles. The monoisotopic (exact) mass is 622 g/mol. The van der Waals surface area contributed by atoms with Crippen LogP contribution in [0.3, 0.4) is 0 Å². The normalized spacial score (nSPS) is 18.2. The zero-order chi connectivity index (χ0) is 30.4. The van der Waals surface area contributed by atoms with Gasteiger partial charge in [0.25, 0.3) is 5.91 Å². The molecule has 1 saturated heterocycles. The number of nitrogens with two attached hydrogens (primary N) is 1. The molecule has 12 nitrogen and oxygen atoms in total. The van der Waals surface area contributed by atoms with Gasteiger partial charge >= 0.3 is 10.2 Å². The average Bonchev–Trinajstić information content (AvgIpc) is 3.58. The lowest BCUT2D eigenvalue weighted by Crippen LogP contribution is -2.63. The number of amides is 2. The second-order valence-electron chi connectivity index (χ2n) is 10.4. The van der Waals surface area contributed by atoms with Gasteiger partial charge in [0.05, 0.1) is 36.4 Å². The van der Waals surface area contributed by atoms with Crippen LogP contribution in [0.1, 0.15) is 54.3 Å². The molecule has 2 aromatic heterocycles. The van der Waals surface area contributed by atoms with Crippen LogP contribution in [0.4, 0.5) is 9.39 Å². The van der Waals surface area contributed by atoms with Crippen LogP contribution >= 0.6 is 11.3 Å². The molecule has 3 aromatic rings. The quantitative estimate of drug-likeness (QED) is 0.377. The third-order valence-corrected chi connectivity index (χ3v) is 10.8. The summed E-state index contributed by atoms with van der Waals surface area (Å²) in [6.45, 7) is 4.68. The minimum absolute atomic E-state index is 0.0494. The molecule has 226 valence electrons. The van der Waals surface area contributed by atoms with Crippen LogP contribution in [0.2, 0.25) is 0 Å². The van der Waals surface area contributed by atoms with E-state index >= 15 is 0 Å². The first-order valence-corrected chi connectivity index (χ1v) is 15.4. The number of ether oxygens (including phenoxy) is 3. The predicted molar refractivity (Wildman–Crippen MR) is 151 cm³/mol. The topological polar surface area (TPSA) is 154 Å². The summed E-state index contributed by atoms with van der Waals surface area (Å²) >= 11 is 0.997. The molecule has 1 fully saturated rings. The molecule has 0 aliphatic carbocycles. The Morgan fingerprint density at radius 2 is 2.02 bits per heavy atom. The number of thiophene rings is 1. The molecule has 5 rings (SSSR count). The number of oxazole rings is 1. The summed E-state index contributed by atoms with van der Waals surface area (Å²) < 4.78 is 67.6. The van der Waals surface area contributed by atoms with Gasteiger partial charge in [-0.3, -0.25) is 9.59 Å². The number of primary amides is 1. The number of carbonyl (C=O) groups is 2. The Labute approximate surface area is 246 Å². The van der Waals surface area contributed by atoms with E-state index in [1.54, 1.807) is 6.92 Å². The Kier molecular flexibility index (Phi) is 8.04. The van der Waals surface area contributed by atoms with E-state index in [4.69, 9.17) is 24.4 Å². The van der Waals surface area contributed by atoms with E-state index in [0.717, 1.165) is 15.6 Å². The lowest BCUT2D eigenvalue weighted by molar-refractivity contribution is -0.125. The van der Waals surface area contributed by atoms with E-state index in [0.29, 0.717) is 40.8 Å². The van der Waals surface area contributed by atoms with Crippen molar-refractivity contribution in [2.75, 3.05) is 31.2 Å². The maximum atomic E-state index is 14.6. The number of halogens is 1. The number of rotatable bonds is 9. The zero-order valence-electron chi connectivity index (χ0n) is 23.5. The van der Waals surface area contributed by atoms with Crippen LogP contribution in [0.5, 0.6) is 5.75 Å². The van der Waals surface area contributed by atoms with Crippen molar-refractivity contribution in [3.05, 3.63) is 53.2 Å². The largest absolute Gasteiger partial charge is 0.496 e. The second kappa shape index (κ2) is 11.3. The van der Waals surface area contributed by atoms with E-state index in [1.807, 2.05) is 0 Å². The van der Waals surface area contributed by atoms with Gasteiger partial charge < -0.3 is 24.4 Å². The molecule has 0 bridgehead atoms. The highest BCUT2D eigenvalue weighted by Crippen LogP contribution is 2.48.